The minimum absolute atomic E-state index is 0.334. The van der Waals surface area contributed by atoms with Gasteiger partial charge in [-0.25, -0.2) is 0 Å². The number of rotatable bonds is 4. The molecule has 0 radical (unpaired) electrons. The third-order valence-electron chi connectivity index (χ3n) is 2.92. The van der Waals surface area contributed by atoms with Crippen LogP contribution < -0.4 is 0 Å². The van der Waals surface area contributed by atoms with Crippen molar-refractivity contribution in [3.63, 3.8) is 0 Å². The zero-order chi connectivity index (χ0) is 12.3. The molecule has 0 saturated heterocycles. The average molecular weight is 232 g/mol. The Morgan fingerprint density at radius 3 is 2.59 bits per heavy atom. The second-order valence-electron chi connectivity index (χ2n) is 4.21. The predicted molar refractivity (Wildman–Crippen MR) is 67.2 cm³/mol. The molecule has 0 saturated carbocycles. The third kappa shape index (κ3) is 2.38. The van der Waals surface area contributed by atoms with E-state index in [1.54, 1.807) is 11.7 Å². The molecule has 0 fully saturated rings. The van der Waals surface area contributed by atoms with Gasteiger partial charge in [0.1, 0.15) is 0 Å². The second-order valence-corrected chi connectivity index (χ2v) is 4.21. The Labute approximate surface area is 101 Å². The Morgan fingerprint density at radius 1 is 1.24 bits per heavy atom. The van der Waals surface area contributed by atoms with Crippen molar-refractivity contribution in [2.75, 3.05) is 0 Å². The molecule has 0 bridgehead atoms. The molecule has 0 unspecified atom stereocenters. The van der Waals surface area contributed by atoms with Crippen LogP contribution in [0, 0.1) is 5.95 Å². The minimum atomic E-state index is -0.334. The summed E-state index contributed by atoms with van der Waals surface area (Å²) in [6, 6.07) is 9.87. The molecule has 0 aliphatic heterocycles. The number of aromatic nitrogens is 2. The molecular formula is C14H17FN2. The highest BCUT2D eigenvalue weighted by molar-refractivity contribution is 5.63. The van der Waals surface area contributed by atoms with Crippen molar-refractivity contribution in [1.29, 1.82) is 0 Å². The first-order valence-electron chi connectivity index (χ1n) is 6.00. The lowest BCUT2D eigenvalue weighted by Gasteiger charge is -2.05. The van der Waals surface area contributed by atoms with Crippen molar-refractivity contribution in [3.05, 3.63) is 41.8 Å². The minimum Gasteiger partial charge on any atom is -0.265 e. The molecule has 1 heterocycles. The van der Waals surface area contributed by atoms with Gasteiger partial charge in [0.05, 0.1) is 5.69 Å². The van der Waals surface area contributed by atoms with E-state index in [1.165, 1.54) is 0 Å². The Morgan fingerprint density at radius 2 is 1.94 bits per heavy atom. The first kappa shape index (κ1) is 11.8. The number of aryl methyl sites for hydroxylation is 1. The highest BCUT2D eigenvalue weighted by Crippen LogP contribution is 2.26. The SMILES string of the molecule is CCCCc1c(F)nn(C)c1-c1ccccc1. The summed E-state index contributed by atoms with van der Waals surface area (Å²) in [5.74, 6) is -0.334. The van der Waals surface area contributed by atoms with Crippen molar-refractivity contribution >= 4 is 0 Å². The lowest BCUT2D eigenvalue weighted by Crippen LogP contribution is -1.95. The van der Waals surface area contributed by atoms with Gasteiger partial charge in [-0.15, -0.1) is 5.10 Å². The standard InChI is InChI=1S/C14H17FN2/c1-3-4-10-12-13(17(2)16-14(12)15)11-8-6-5-7-9-11/h5-9H,3-4,10H2,1-2H3. The van der Waals surface area contributed by atoms with Crippen LogP contribution in [-0.4, -0.2) is 9.78 Å². The summed E-state index contributed by atoms with van der Waals surface area (Å²) in [5.41, 5.74) is 2.66. The quantitative estimate of drug-likeness (QED) is 0.788. The summed E-state index contributed by atoms with van der Waals surface area (Å²) in [5, 5.41) is 3.89. The van der Waals surface area contributed by atoms with Crippen LogP contribution in [0.4, 0.5) is 4.39 Å². The van der Waals surface area contributed by atoms with Crippen LogP contribution in [0.25, 0.3) is 11.3 Å². The Kier molecular flexibility index (Phi) is 3.57. The van der Waals surface area contributed by atoms with Crippen molar-refractivity contribution in [2.45, 2.75) is 26.2 Å². The number of nitrogens with zero attached hydrogens (tertiary/aromatic N) is 2. The van der Waals surface area contributed by atoms with E-state index < -0.39 is 0 Å². The average Bonchev–Trinajstić information content (AvgIpc) is 2.62. The molecule has 1 aromatic heterocycles. The molecule has 0 aliphatic carbocycles. The van der Waals surface area contributed by atoms with E-state index in [0.29, 0.717) is 0 Å². The fourth-order valence-corrected chi connectivity index (χ4v) is 2.07. The molecule has 0 amide bonds. The zero-order valence-corrected chi connectivity index (χ0v) is 10.3. The molecule has 1 aromatic carbocycles. The zero-order valence-electron chi connectivity index (χ0n) is 10.3. The number of hydrogen-bond donors (Lipinski definition) is 0. The molecule has 3 heteroatoms. The van der Waals surface area contributed by atoms with Gasteiger partial charge in [0.25, 0.3) is 0 Å². The van der Waals surface area contributed by atoms with Crippen LogP contribution in [0.5, 0.6) is 0 Å². The number of unbranched alkanes of at least 4 members (excludes halogenated alkanes) is 1. The fraction of sp³-hybridized carbons (Fsp3) is 0.357. The lowest BCUT2D eigenvalue weighted by atomic mass is 10.0. The van der Waals surface area contributed by atoms with E-state index in [-0.39, 0.29) is 5.95 Å². The van der Waals surface area contributed by atoms with E-state index in [9.17, 15) is 4.39 Å². The van der Waals surface area contributed by atoms with Gasteiger partial charge in [-0.2, -0.15) is 4.39 Å². The molecule has 0 spiro atoms. The van der Waals surface area contributed by atoms with Gasteiger partial charge in [0.2, 0.25) is 5.95 Å². The topological polar surface area (TPSA) is 17.8 Å². The summed E-state index contributed by atoms with van der Waals surface area (Å²) in [6.07, 6.45) is 2.80. The largest absolute Gasteiger partial charge is 0.265 e. The van der Waals surface area contributed by atoms with E-state index >= 15 is 0 Å². The van der Waals surface area contributed by atoms with E-state index in [1.807, 2.05) is 30.3 Å². The maximum Gasteiger partial charge on any atom is 0.236 e. The van der Waals surface area contributed by atoms with Gasteiger partial charge in [-0.3, -0.25) is 4.68 Å². The molecular weight excluding hydrogens is 215 g/mol. The summed E-state index contributed by atoms with van der Waals surface area (Å²) in [4.78, 5) is 0. The van der Waals surface area contributed by atoms with Gasteiger partial charge in [0, 0.05) is 18.2 Å². The number of halogens is 1. The van der Waals surface area contributed by atoms with Crippen LogP contribution in [0.15, 0.2) is 30.3 Å². The van der Waals surface area contributed by atoms with Gasteiger partial charge in [-0.1, -0.05) is 43.7 Å². The van der Waals surface area contributed by atoms with Gasteiger partial charge in [-0.05, 0) is 12.8 Å². The molecule has 17 heavy (non-hydrogen) atoms. The van der Waals surface area contributed by atoms with Gasteiger partial charge in [0.15, 0.2) is 0 Å². The van der Waals surface area contributed by atoms with E-state index in [4.69, 9.17) is 0 Å². The van der Waals surface area contributed by atoms with Crippen molar-refractivity contribution in [1.82, 2.24) is 9.78 Å². The number of hydrogen-bond acceptors (Lipinski definition) is 1. The number of benzene rings is 1. The van der Waals surface area contributed by atoms with Gasteiger partial charge >= 0.3 is 0 Å². The molecule has 2 nitrogen and oxygen atoms in total. The molecule has 2 aromatic rings. The van der Waals surface area contributed by atoms with Crippen LogP contribution in [0.3, 0.4) is 0 Å². The molecule has 2 rings (SSSR count). The molecule has 0 atom stereocenters. The first-order chi connectivity index (χ1) is 8.24. The molecule has 90 valence electrons. The van der Waals surface area contributed by atoms with Crippen LogP contribution in [0.1, 0.15) is 25.3 Å². The highest BCUT2D eigenvalue weighted by atomic mass is 19.1. The molecule has 0 aliphatic rings. The Bertz CT molecular complexity index is 488. The normalized spacial score (nSPS) is 10.8. The van der Waals surface area contributed by atoms with Crippen LogP contribution >= 0.6 is 0 Å². The lowest BCUT2D eigenvalue weighted by molar-refractivity contribution is 0.542. The summed E-state index contributed by atoms with van der Waals surface area (Å²) in [7, 11) is 1.79. The van der Waals surface area contributed by atoms with Crippen molar-refractivity contribution in [2.24, 2.45) is 7.05 Å². The maximum absolute atomic E-state index is 13.7. The van der Waals surface area contributed by atoms with Crippen molar-refractivity contribution in [3.8, 4) is 11.3 Å². The Hall–Kier alpha value is -1.64. The smallest absolute Gasteiger partial charge is 0.236 e. The highest BCUT2D eigenvalue weighted by Gasteiger charge is 2.16. The van der Waals surface area contributed by atoms with Gasteiger partial charge < -0.3 is 0 Å². The summed E-state index contributed by atoms with van der Waals surface area (Å²) >= 11 is 0. The van der Waals surface area contributed by atoms with Crippen molar-refractivity contribution < 1.29 is 4.39 Å². The molecule has 0 N–H and O–H groups in total. The summed E-state index contributed by atoms with van der Waals surface area (Å²) in [6.45, 7) is 2.11. The third-order valence-corrected chi connectivity index (χ3v) is 2.92. The van der Waals surface area contributed by atoms with E-state index in [0.717, 1.165) is 36.1 Å². The van der Waals surface area contributed by atoms with Crippen LogP contribution in [-0.2, 0) is 13.5 Å². The summed E-state index contributed by atoms with van der Waals surface area (Å²) < 4.78 is 15.4. The predicted octanol–water partition coefficient (Wildman–Crippen LogP) is 3.57. The second kappa shape index (κ2) is 5.13. The van der Waals surface area contributed by atoms with E-state index in [2.05, 4.69) is 12.0 Å². The maximum atomic E-state index is 13.7. The first-order valence-corrected chi connectivity index (χ1v) is 6.00. The Balaban J connectivity index is 2.45. The van der Waals surface area contributed by atoms with Crippen LogP contribution in [0.2, 0.25) is 0 Å². The fourth-order valence-electron chi connectivity index (χ4n) is 2.07. The monoisotopic (exact) mass is 232 g/mol.